The standard InChI is InChI=1S/C17H19N3O4S/c1-12(14-4-8-16(24-3)9-5-14)19-20-25(22,23)17-10-6-15(7-11-17)18-13(2)21/h4-11,20H,1-3H3,(H,18,21)/b19-12-. The lowest BCUT2D eigenvalue weighted by atomic mass is 10.1. The molecule has 0 saturated heterocycles. The Morgan fingerprint density at radius 3 is 2.12 bits per heavy atom. The van der Waals surface area contributed by atoms with Gasteiger partial charge in [-0.15, -0.1) is 0 Å². The molecule has 0 aliphatic carbocycles. The van der Waals surface area contributed by atoms with Crippen molar-refractivity contribution in [2.75, 3.05) is 12.4 Å². The van der Waals surface area contributed by atoms with Gasteiger partial charge in [-0.1, -0.05) is 0 Å². The summed E-state index contributed by atoms with van der Waals surface area (Å²) < 4.78 is 29.6. The molecule has 2 rings (SSSR count). The molecular weight excluding hydrogens is 342 g/mol. The summed E-state index contributed by atoms with van der Waals surface area (Å²) in [5.74, 6) is 0.477. The first-order valence-corrected chi connectivity index (χ1v) is 8.88. The Balaban J connectivity index is 2.12. The summed E-state index contributed by atoms with van der Waals surface area (Å²) in [6, 6.07) is 12.9. The molecule has 8 heteroatoms. The maximum atomic E-state index is 12.3. The second-order valence-corrected chi connectivity index (χ2v) is 6.89. The first-order valence-electron chi connectivity index (χ1n) is 7.40. The maximum absolute atomic E-state index is 12.3. The van der Waals surface area contributed by atoms with E-state index in [2.05, 4.69) is 15.2 Å². The van der Waals surface area contributed by atoms with Crippen LogP contribution in [0.4, 0.5) is 5.69 Å². The molecule has 2 N–H and O–H groups in total. The Hall–Kier alpha value is -2.87. The summed E-state index contributed by atoms with van der Waals surface area (Å²) in [7, 11) is -2.23. The van der Waals surface area contributed by atoms with Crippen LogP contribution in [0.25, 0.3) is 0 Å². The van der Waals surface area contributed by atoms with Crippen molar-refractivity contribution in [2.24, 2.45) is 5.10 Å². The number of nitrogens with zero attached hydrogens (tertiary/aromatic N) is 1. The third kappa shape index (κ3) is 5.05. The van der Waals surface area contributed by atoms with Crippen molar-refractivity contribution in [3.05, 3.63) is 54.1 Å². The topological polar surface area (TPSA) is 96.9 Å². The van der Waals surface area contributed by atoms with E-state index in [1.807, 2.05) is 0 Å². The fourth-order valence-electron chi connectivity index (χ4n) is 2.00. The van der Waals surface area contributed by atoms with E-state index in [4.69, 9.17) is 4.74 Å². The number of hydrogen-bond donors (Lipinski definition) is 2. The molecule has 0 atom stereocenters. The molecule has 0 radical (unpaired) electrons. The molecule has 0 aliphatic rings. The van der Waals surface area contributed by atoms with Gasteiger partial charge in [0.25, 0.3) is 10.0 Å². The number of rotatable bonds is 6. The van der Waals surface area contributed by atoms with Crippen LogP contribution in [0.3, 0.4) is 0 Å². The van der Waals surface area contributed by atoms with Gasteiger partial charge in [-0.2, -0.15) is 18.4 Å². The Bertz CT molecular complexity index is 873. The summed E-state index contributed by atoms with van der Waals surface area (Å²) in [6.07, 6.45) is 0. The average Bonchev–Trinajstić information content (AvgIpc) is 2.60. The van der Waals surface area contributed by atoms with Gasteiger partial charge in [0, 0.05) is 12.6 Å². The molecule has 25 heavy (non-hydrogen) atoms. The predicted molar refractivity (Wildman–Crippen MR) is 96.3 cm³/mol. The van der Waals surface area contributed by atoms with Crippen LogP contribution < -0.4 is 14.9 Å². The molecule has 132 valence electrons. The fraction of sp³-hybridized carbons (Fsp3) is 0.176. The zero-order valence-corrected chi connectivity index (χ0v) is 14.9. The van der Waals surface area contributed by atoms with Gasteiger partial charge in [0.2, 0.25) is 5.91 Å². The van der Waals surface area contributed by atoms with Crippen LogP contribution in [0.5, 0.6) is 5.75 Å². The molecule has 2 aromatic carbocycles. The number of carbonyl (C=O) groups is 1. The van der Waals surface area contributed by atoms with Crippen molar-refractivity contribution in [2.45, 2.75) is 18.7 Å². The largest absolute Gasteiger partial charge is 0.497 e. The van der Waals surface area contributed by atoms with Gasteiger partial charge in [-0.3, -0.25) is 4.79 Å². The quantitative estimate of drug-likeness (QED) is 0.610. The number of sulfonamides is 1. The van der Waals surface area contributed by atoms with Crippen LogP contribution >= 0.6 is 0 Å². The van der Waals surface area contributed by atoms with Gasteiger partial charge < -0.3 is 10.1 Å². The van der Waals surface area contributed by atoms with Gasteiger partial charge in [-0.25, -0.2) is 0 Å². The van der Waals surface area contributed by atoms with Crippen molar-refractivity contribution in [3.63, 3.8) is 0 Å². The molecule has 0 bridgehead atoms. The summed E-state index contributed by atoms with van der Waals surface area (Å²) in [6.45, 7) is 3.08. The van der Waals surface area contributed by atoms with Gasteiger partial charge in [0.1, 0.15) is 5.75 Å². The third-order valence-corrected chi connectivity index (χ3v) is 4.55. The van der Waals surface area contributed by atoms with Crippen LogP contribution in [-0.4, -0.2) is 27.1 Å². The Labute approximate surface area is 146 Å². The number of hydrazone groups is 1. The van der Waals surface area contributed by atoms with Crippen LogP contribution in [0, 0.1) is 0 Å². The molecule has 0 spiro atoms. The fourth-order valence-corrected chi connectivity index (χ4v) is 2.86. The maximum Gasteiger partial charge on any atom is 0.276 e. The lowest BCUT2D eigenvalue weighted by Crippen LogP contribution is -2.20. The van der Waals surface area contributed by atoms with Crippen molar-refractivity contribution in [3.8, 4) is 5.75 Å². The van der Waals surface area contributed by atoms with E-state index < -0.39 is 10.0 Å². The number of ether oxygens (including phenoxy) is 1. The normalized spacial score (nSPS) is 11.7. The predicted octanol–water partition coefficient (Wildman–Crippen LogP) is 2.36. The minimum absolute atomic E-state index is 0.0490. The number of hydrogen-bond acceptors (Lipinski definition) is 5. The van der Waals surface area contributed by atoms with Crippen LogP contribution in [-0.2, 0) is 14.8 Å². The summed E-state index contributed by atoms with van der Waals surface area (Å²) in [5.41, 5.74) is 1.80. The van der Waals surface area contributed by atoms with E-state index in [-0.39, 0.29) is 10.8 Å². The molecule has 1 amide bonds. The van der Waals surface area contributed by atoms with E-state index >= 15 is 0 Å². The number of amides is 1. The number of benzene rings is 2. The average molecular weight is 361 g/mol. The minimum atomic E-state index is -3.80. The van der Waals surface area contributed by atoms with Crippen molar-refractivity contribution in [1.82, 2.24) is 4.83 Å². The number of anilines is 1. The third-order valence-electron chi connectivity index (χ3n) is 3.33. The van der Waals surface area contributed by atoms with E-state index in [9.17, 15) is 13.2 Å². The zero-order valence-electron chi connectivity index (χ0n) is 14.1. The van der Waals surface area contributed by atoms with Gasteiger partial charge in [0.05, 0.1) is 17.7 Å². The van der Waals surface area contributed by atoms with Crippen LogP contribution in [0.15, 0.2) is 58.5 Å². The highest BCUT2D eigenvalue weighted by Crippen LogP contribution is 2.15. The molecule has 0 saturated carbocycles. The highest BCUT2D eigenvalue weighted by atomic mass is 32.2. The Morgan fingerprint density at radius 2 is 1.60 bits per heavy atom. The number of carbonyl (C=O) groups excluding carboxylic acids is 1. The van der Waals surface area contributed by atoms with Gasteiger partial charge >= 0.3 is 0 Å². The van der Waals surface area contributed by atoms with Crippen LogP contribution in [0.1, 0.15) is 19.4 Å². The molecule has 2 aromatic rings. The first-order chi connectivity index (χ1) is 11.8. The molecule has 0 aliphatic heterocycles. The van der Waals surface area contributed by atoms with Crippen molar-refractivity contribution in [1.29, 1.82) is 0 Å². The highest BCUT2D eigenvalue weighted by molar-refractivity contribution is 7.89. The lowest BCUT2D eigenvalue weighted by molar-refractivity contribution is -0.114. The van der Waals surface area contributed by atoms with Crippen molar-refractivity contribution < 1.29 is 17.9 Å². The lowest BCUT2D eigenvalue weighted by Gasteiger charge is -2.07. The van der Waals surface area contributed by atoms with Crippen LogP contribution in [0.2, 0.25) is 0 Å². The first kappa shape index (κ1) is 18.5. The van der Waals surface area contributed by atoms with E-state index in [1.54, 1.807) is 38.3 Å². The van der Waals surface area contributed by atoms with Gasteiger partial charge in [0.15, 0.2) is 0 Å². The second-order valence-electron chi connectivity index (χ2n) is 5.23. The zero-order chi connectivity index (χ0) is 18.4. The Kier molecular flexibility index (Phi) is 5.76. The smallest absolute Gasteiger partial charge is 0.276 e. The molecule has 7 nitrogen and oxygen atoms in total. The van der Waals surface area contributed by atoms with E-state index in [1.165, 1.54) is 31.2 Å². The summed E-state index contributed by atoms with van der Waals surface area (Å²) in [4.78, 5) is 13.2. The Morgan fingerprint density at radius 1 is 1.00 bits per heavy atom. The molecule has 0 unspecified atom stereocenters. The number of methoxy groups -OCH3 is 1. The molecule has 0 aromatic heterocycles. The minimum Gasteiger partial charge on any atom is -0.497 e. The SMILES string of the molecule is COc1ccc(/C(C)=N\NS(=O)(=O)c2ccc(NC(C)=O)cc2)cc1. The summed E-state index contributed by atoms with van der Waals surface area (Å²) in [5, 5.41) is 6.51. The van der Waals surface area contributed by atoms with E-state index in [0.717, 1.165) is 5.56 Å². The second kappa shape index (κ2) is 7.80. The van der Waals surface area contributed by atoms with E-state index in [0.29, 0.717) is 17.1 Å². The monoisotopic (exact) mass is 361 g/mol. The van der Waals surface area contributed by atoms with Gasteiger partial charge in [-0.05, 0) is 61.0 Å². The molecule has 0 heterocycles. The molecule has 0 fully saturated rings. The number of nitrogens with one attached hydrogen (secondary N) is 2. The highest BCUT2D eigenvalue weighted by Gasteiger charge is 2.13. The van der Waals surface area contributed by atoms with Crippen molar-refractivity contribution >= 4 is 27.3 Å². The molecular formula is C17H19N3O4S. The summed E-state index contributed by atoms with van der Waals surface area (Å²) >= 11 is 0.